The molecule has 26 nitrogen and oxygen atoms in total. The Morgan fingerprint density at radius 3 is 0.732 bits per heavy atom. The molecule has 0 saturated carbocycles. The van der Waals surface area contributed by atoms with Gasteiger partial charge in [-0.2, -0.15) is 0 Å². The van der Waals surface area contributed by atoms with Crippen LogP contribution in [0.2, 0.25) is 0 Å². The average molecular weight is 1060 g/mol. The minimum absolute atomic E-state index is 0.00346. The van der Waals surface area contributed by atoms with Gasteiger partial charge >= 0.3 is 11.9 Å². The zero-order chi connectivity index (χ0) is 51.4. The van der Waals surface area contributed by atoms with Gasteiger partial charge < -0.3 is 115 Å². The minimum atomic E-state index is -1.11. The third-order valence-electron chi connectivity index (χ3n) is 8.04. The summed E-state index contributed by atoms with van der Waals surface area (Å²) in [4.78, 5) is 21.3. The monoisotopic (exact) mass is 1060 g/mol. The number of aliphatic carboxylic acids is 2. The number of hydrogen-bond donors (Lipinski definition) is 4. The van der Waals surface area contributed by atoms with Gasteiger partial charge in [-0.25, -0.2) is 9.59 Å². The van der Waals surface area contributed by atoms with E-state index in [4.69, 9.17) is 110 Å². The van der Waals surface area contributed by atoms with E-state index in [0.29, 0.717) is 198 Å². The summed E-state index contributed by atoms with van der Waals surface area (Å²) in [6.07, 6.45) is 0. The first-order chi connectivity index (χ1) is 35.0. The van der Waals surface area contributed by atoms with Crippen LogP contribution in [0.3, 0.4) is 0 Å². The molecule has 2 atom stereocenters. The highest BCUT2D eigenvalue weighted by Gasteiger charge is 2.19. The molecule has 71 heavy (non-hydrogen) atoms. The van der Waals surface area contributed by atoms with Crippen molar-refractivity contribution in [1.82, 2.24) is 0 Å². The van der Waals surface area contributed by atoms with Crippen LogP contribution in [0.1, 0.15) is 0 Å². The van der Waals surface area contributed by atoms with Gasteiger partial charge in [-0.05, 0) is 0 Å². The zero-order valence-corrected chi connectivity index (χ0v) is 42.4. The molecule has 0 aliphatic heterocycles. The van der Waals surface area contributed by atoms with E-state index in [0.717, 1.165) is 11.8 Å². The first kappa shape index (κ1) is 69.4. The van der Waals surface area contributed by atoms with Crippen molar-refractivity contribution >= 4 is 23.7 Å². The average Bonchev–Trinajstić information content (AvgIpc) is 3.36. The van der Waals surface area contributed by atoms with Crippen molar-refractivity contribution in [3.05, 3.63) is 0 Å². The van der Waals surface area contributed by atoms with Crippen LogP contribution in [0, 0.1) is 0 Å². The lowest BCUT2D eigenvalue weighted by atomic mass is 10.6. The van der Waals surface area contributed by atoms with Gasteiger partial charge in [-0.15, -0.1) is 0 Å². The number of aliphatic hydroxyl groups excluding tert-OH is 2. The number of rotatable bonds is 64. The van der Waals surface area contributed by atoms with Gasteiger partial charge in [0.1, 0.15) is 24.1 Å². The number of carbonyl (C=O) groups is 2. The molecule has 0 aromatic carbocycles. The molecule has 0 fully saturated rings. The van der Waals surface area contributed by atoms with E-state index in [9.17, 15) is 14.7 Å². The normalized spacial score (nSPS) is 12.5. The van der Waals surface area contributed by atoms with Crippen LogP contribution in [0.4, 0.5) is 0 Å². The molecule has 0 aliphatic carbocycles. The van der Waals surface area contributed by atoms with E-state index >= 15 is 0 Å². The molecule has 0 aromatic heterocycles. The molecule has 0 saturated heterocycles. The molecule has 2 unspecified atom stereocenters. The lowest BCUT2D eigenvalue weighted by molar-refractivity contribution is -0.143. The Balaban J connectivity index is 3.63. The number of hydrogen-bond acceptors (Lipinski definition) is 25. The van der Waals surface area contributed by atoms with Gasteiger partial charge in [0, 0.05) is 0 Å². The summed E-state index contributed by atoms with van der Waals surface area (Å²) in [5, 5.41) is 35.9. The molecule has 424 valence electrons. The van der Waals surface area contributed by atoms with Crippen molar-refractivity contribution in [2.24, 2.45) is 0 Å². The van der Waals surface area contributed by atoms with Crippen LogP contribution in [0.25, 0.3) is 0 Å². The van der Waals surface area contributed by atoms with Gasteiger partial charge in [0.15, 0.2) is 0 Å². The molecular formula is C44H86O26S. The largest absolute Gasteiger partial charge is 0.480 e. The zero-order valence-electron chi connectivity index (χ0n) is 41.6. The van der Waals surface area contributed by atoms with Gasteiger partial charge in [0.05, 0.1) is 251 Å². The van der Waals surface area contributed by atoms with E-state index in [-0.39, 0.29) is 59.5 Å². The minimum Gasteiger partial charge on any atom is -0.480 e. The molecule has 0 spiro atoms. The van der Waals surface area contributed by atoms with E-state index in [2.05, 4.69) is 0 Å². The predicted molar refractivity (Wildman–Crippen MR) is 251 cm³/mol. The van der Waals surface area contributed by atoms with E-state index in [1.54, 1.807) is 0 Å². The van der Waals surface area contributed by atoms with Crippen LogP contribution >= 0.6 is 11.8 Å². The van der Waals surface area contributed by atoms with Crippen molar-refractivity contribution in [2.45, 2.75) is 10.9 Å². The number of aliphatic hydroxyl groups is 2. The van der Waals surface area contributed by atoms with Crippen LogP contribution in [-0.4, -0.2) is 308 Å². The topological polar surface area (TPSA) is 300 Å². The lowest BCUT2D eigenvalue weighted by Gasteiger charge is -2.22. The van der Waals surface area contributed by atoms with Crippen LogP contribution < -0.4 is 0 Å². The van der Waals surface area contributed by atoms with Gasteiger partial charge in [0.25, 0.3) is 0 Å². The second-order valence-corrected chi connectivity index (χ2v) is 15.1. The summed E-state index contributed by atoms with van der Waals surface area (Å²) in [5.41, 5.74) is -1.28. The van der Waals surface area contributed by atoms with Crippen LogP contribution in [0.15, 0.2) is 0 Å². The number of carboxylic acid groups (broad SMARTS) is 2. The highest BCUT2D eigenvalue weighted by Crippen LogP contribution is 2.20. The summed E-state index contributed by atoms with van der Waals surface area (Å²) in [6, 6.07) is 0. The van der Waals surface area contributed by atoms with Gasteiger partial charge in [0.2, 0.25) is 0 Å². The summed E-state index contributed by atoms with van der Waals surface area (Å²) < 4.78 is 108. The summed E-state index contributed by atoms with van der Waals surface area (Å²) in [5.74, 6) is -2.12. The molecule has 0 radical (unpaired) electrons. The predicted octanol–water partition coefficient (Wildman–Crippen LogP) is -1.14. The Bertz CT molecular complexity index is 1060. The fourth-order valence-corrected chi connectivity index (χ4v) is 5.72. The second-order valence-electron chi connectivity index (χ2n) is 13.8. The van der Waals surface area contributed by atoms with Crippen molar-refractivity contribution in [3.8, 4) is 0 Å². The van der Waals surface area contributed by atoms with Crippen molar-refractivity contribution in [2.75, 3.05) is 264 Å². The molecule has 0 aliphatic rings. The Morgan fingerprint density at radius 2 is 0.493 bits per heavy atom. The van der Waals surface area contributed by atoms with E-state index < -0.39 is 29.4 Å². The maximum atomic E-state index is 10.9. The van der Waals surface area contributed by atoms with E-state index in [1.807, 2.05) is 0 Å². The Hall–Kier alpha value is -1.59. The van der Waals surface area contributed by atoms with Gasteiger partial charge in [-0.3, -0.25) is 0 Å². The first-order valence-electron chi connectivity index (χ1n) is 23.9. The van der Waals surface area contributed by atoms with Crippen LogP contribution in [-0.2, 0) is 104 Å². The Kier molecular flexibility index (Phi) is 59.6. The third-order valence-corrected chi connectivity index (χ3v) is 9.20. The highest BCUT2D eigenvalue weighted by molar-refractivity contribution is 8.00. The maximum Gasteiger partial charge on any atom is 0.329 e. The summed E-state index contributed by atoms with van der Waals surface area (Å²) >= 11 is 1.16. The van der Waals surface area contributed by atoms with Crippen molar-refractivity contribution < 1.29 is 125 Å². The lowest BCUT2D eigenvalue weighted by Crippen LogP contribution is -2.27. The van der Waals surface area contributed by atoms with Crippen molar-refractivity contribution in [3.63, 3.8) is 0 Å². The molecule has 4 N–H and O–H groups in total. The standard InChI is InChI=1S/C44H86O26S/c45-1-2-51-3-4-52-5-6-53-7-8-54-9-10-56-15-17-59-21-23-62-27-29-65-33-35-69-43(37-46)71-44(40-68-39-42(49)50)70-36-34-66-30-28-63-24-22-60-18-16-57-12-11-55-13-14-58-19-20-61-25-26-64-31-32-67-38-41(47)48/h43-46H,1-40H2,(H,47,48)(H,49,50). The van der Waals surface area contributed by atoms with Crippen LogP contribution in [0.5, 0.6) is 0 Å². The molecule has 0 rings (SSSR count). The quantitative estimate of drug-likeness (QED) is 0.0413. The molecule has 0 bridgehead atoms. The SMILES string of the molecule is O=C(O)COCCOCCOCCOCCOCCOCCOCCOCCOCCOC(COCC(=O)O)SC(CO)OCCOCCOCCOCCOCCOCCOCCOCCOCCO. The Morgan fingerprint density at radius 1 is 0.282 bits per heavy atom. The number of carboxylic acids is 2. The van der Waals surface area contributed by atoms with Crippen molar-refractivity contribution in [1.29, 1.82) is 0 Å². The van der Waals surface area contributed by atoms with Gasteiger partial charge in [-0.1, -0.05) is 11.8 Å². The first-order valence-corrected chi connectivity index (χ1v) is 24.9. The van der Waals surface area contributed by atoms with E-state index in [1.165, 1.54) is 0 Å². The number of ether oxygens (including phenoxy) is 20. The molecule has 0 heterocycles. The Labute approximate surface area is 422 Å². The third kappa shape index (κ3) is 60.9. The fourth-order valence-electron chi connectivity index (χ4n) is 4.78. The number of thioether (sulfide) groups is 1. The molecule has 27 heteroatoms. The molecule has 0 amide bonds. The highest BCUT2D eigenvalue weighted by atomic mass is 32.2. The fraction of sp³-hybridized carbons (Fsp3) is 0.955. The summed E-state index contributed by atoms with van der Waals surface area (Å²) in [6.45, 7) is 12.4. The second kappa shape index (κ2) is 61.0. The summed E-state index contributed by atoms with van der Waals surface area (Å²) in [7, 11) is 0. The maximum absolute atomic E-state index is 10.9. The molecular weight excluding hydrogens is 977 g/mol. The molecule has 0 aromatic rings. The smallest absolute Gasteiger partial charge is 0.329 e.